The average molecular weight is 398 g/mol. The number of hydrogen-bond donors (Lipinski definition) is 1. The van der Waals surface area contributed by atoms with E-state index in [1.807, 2.05) is 0 Å². The molecule has 0 aliphatic carbocycles. The molecule has 142 valence electrons. The SMILES string of the molecule is CCn1c(=O)c(C)cn(Cc2nnc(-c3cc(F)c(F)c(O)c3F)s2)c1=O. The summed E-state index contributed by atoms with van der Waals surface area (Å²) in [6, 6.07) is 0.572. The lowest BCUT2D eigenvalue weighted by Crippen LogP contribution is -2.40. The summed E-state index contributed by atoms with van der Waals surface area (Å²) in [5.41, 5.74) is -1.02. The Balaban J connectivity index is 2.01. The van der Waals surface area contributed by atoms with Gasteiger partial charge in [0.2, 0.25) is 5.82 Å². The summed E-state index contributed by atoms with van der Waals surface area (Å²) < 4.78 is 43.0. The van der Waals surface area contributed by atoms with Crippen molar-refractivity contribution in [3.8, 4) is 16.3 Å². The van der Waals surface area contributed by atoms with Crippen molar-refractivity contribution < 1.29 is 18.3 Å². The van der Waals surface area contributed by atoms with Gasteiger partial charge in [0.1, 0.15) is 5.01 Å². The number of nitrogens with zero attached hydrogens (tertiary/aromatic N) is 4. The zero-order chi connectivity index (χ0) is 19.9. The Kier molecular flexibility index (Phi) is 4.87. The lowest BCUT2D eigenvalue weighted by atomic mass is 10.2. The molecule has 0 fully saturated rings. The molecule has 2 heterocycles. The first-order valence-corrected chi connectivity index (χ1v) is 8.56. The Morgan fingerprint density at radius 1 is 1.19 bits per heavy atom. The fourth-order valence-electron chi connectivity index (χ4n) is 2.51. The first-order valence-electron chi connectivity index (χ1n) is 7.74. The van der Waals surface area contributed by atoms with Gasteiger partial charge in [-0.2, -0.15) is 4.39 Å². The molecule has 1 aromatic carbocycles. The summed E-state index contributed by atoms with van der Waals surface area (Å²) in [6.45, 7) is 3.37. The molecule has 0 spiro atoms. The molecule has 0 saturated heterocycles. The van der Waals surface area contributed by atoms with Crippen molar-refractivity contribution in [2.24, 2.45) is 0 Å². The van der Waals surface area contributed by atoms with Gasteiger partial charge in [-0.3, -0.25) is 13.9 Å². The van der Waals surface area contributed by atoms with Crippen LogP contribution in [-0.4, -0.2) is 24.4 Å². The van der Waals surface area contributed by atoms with E-state index in [9.17, 15) is 27.9 Å². The minimum atomic E-state index is -1.69. The van der Waals surface area contributed by atoms with E-state index in [1.165, 1.54) is 10.8 Å². The Morgan fingerprint density at radius 2 is 1.89 bits per heavy atom. The Bertz CT molecular complexity index is 1150. The number of aromatic nitrogens is 4. The molecule has 27 heavy (non-hydrogen) atoms. The van der Waals surface area contributed by atoms with Crippen molar-refractivity contribution in [1.82, 2.24) is 19.3 Å². The minimum Gasteiger partial charge on any atom is -0.503 e. The number of phenols is 1. The van der Waals surface area contributed by atoms with Crippen LogP contribution in [0.5, 0.6) is 5.75 Å². The molecule has 3 rings (SSSR count). The largest absolute Gasteiger partial charge is 0.503 e. The summed E-state index contributed by atoms with van der Waals surface area (Å²) in [5, 5.41) is 17.0. The lowest BCUT2D eigenvalue weighted by Gasteiger charge is -2.08. The molecule has 2 aromatic heterocycles. The summed E-state index contributed by atoms with van der Waals surface area (Å²) in [6.07, 6.45) is 1.38. The first-order chi connectivity index (χ1) is 12.7. The standard InChI is InChI=1S/C16H13F3N4O3S/c1-3-23-15(25)7(2)5-22(16(23)26)6-10-20-21-14(27-10)8-4-9(17)12(19)13(24)11(8)18/h4-5,24H,3,6H2,1-2H3. The van der Waals surface area contributed by atoms with Crippen LogP contribution in [0, 0.1) is 24.4 Å². The maximum atomic E-state index is 14.0. The highest BCUT2D eigenvalue weighted by Gasteiger charge is 2.22. The van der Waals surface area contributed by atoms with E-state index < -0.39 is 40.0 Å². The van der Waals surface area contributed by atoms with E-state index in [1.54, 1.807) is 13.8 Å². The molecule has 0 aliphatic heterocycles. The molecule has 0 saturated carbocycles. The van der Waals surface area contributed by atoms with E-state index in [0.717, 1.165) is 15.9 Å². The lowest BCUT2D eigenvalue weighted by molar-refractivity contribution is 0.377. The summed E-state index contributed by atoms with van der Waals surface area (Å²) in [4.78, 5) is 24.3. The van der Waals surface area contributed by atoms with Crippen LogP contribution in [0.3, 0.4) is 0 Å². The summed E-state index contributed by atoms with van der Waals surface area (Å²) in [7, 11) is 0. The van der Waals surface area contributed by atoms with Crippen molar-refractivity contribution in [2.75, 3.05) is 0 Å². The van der Waals surface area contributed by atoms with Crippen molar-refractivity contribution in [3.63, 3.8) is 0 Å². The molecule has 0 bridgehead atoms. The summed E-state index contributed by atoms with van der Waals surface area (Å²) >= 11 is 0.841. The predicted octanol–water partition coefficient (Wildman–Crippen LogP) is 2.03. The number of rotatable bonds is 4. The van der Waals surface area contributed by atoms with Crippen molar-refractivity contribution >= 4 is 11.3 Å². The third-order valence-electron chi connectivity index (χ3n) is 3.86. The van der Waals surface area contributed by atoms with Gasteiger partial charge in [-0.05, 0) is 19.9 Å². The number of phenolic OH excluding ortho intramolecular Hbond substituents is 1. The smallest absolute Gasteiger partial charge is 0.331 e. The van der Waals surface area contributed by atoms with Crippen LogP contribution in [0.15, 0.2) is 21.9 Å². The highest BCUT2D eigenvalue weighted by Crippen LogP contribution is 2.33. The average Bonchev–Trinajstić information content (AvgIpc) is 3.09. The quantitative estimate of drug-likeness (QED) is 0.680. The van der Waals surface area contributed by atoms with E-state index >= 15 is 0 Å². The van der Waals surface area contributed by atoms with Crippen LogP contribution in [-0.2, 0) is 13.1 Å². The maximum Gasteiger partial charge on any atom is 0.331 e. The monoisotopic (exact) mass is 398 g/mol. The second-order valence-electron chi connectivity index (χ2n) is 5.66. The molecule has 11 heteroatoms. The second-order valence-corrected chi connectivity index (χ2v) is 6.72. The molecule has 7 nitrogen and oxygen atoms in total. The van der Waals surface area contributed by atoms with Gasteiger partial charge >= 0.3 is 5.69 Å². The van der Waals surface area contributed by atoms with Gasteiger partial charge in [0, 0.05) is 18.3 Å². The fourth-order valence-corrected chi connectivity index (χ4v) is 3.36. The topological polar surface area (TPSA) is 90.0 Å². The van der Waals surface area contributed by atoms with Crippen LogP contribution in [0.25, 0.3) is 10.6 Å². The molecule has 0 atom stereocenters. The number of aromatic hydroxyl groups is 1. The summed E-state index contributed by atoms with van der Waals surface area (Å²) in [5.74, 6) is -5.92. The number of halogens is 3. The third kappa shape index (κ3) is 3.25. The van der Waals surface area contributed by atoms with Crippen molar-refractivity contribution in [2.45, 2.75) is 26.9 Å². The van der Waals surface area contributed by atoms with Gasteiger partial charge in [0.15, 0.2) is 22.4 Å². The van der Waals surface area contributed by atoms with Crippen LogP contribution in [0.4, 0.5) is 13.2 Å². The Labute approximate surface area is 154 Å². The van der Waals surface area contributed by atoms with Gasteiger partial charge in [-0.1, -0.05) is 11.3 Å². The van der Waals surface area contributed by atoms with E-state index in [-0.39, 0.29) is 23.1 Å². The zero-order valence-electron chi connectivity index (χ0n) is 14.2. The van der Waals surface area contributed by atoms with Crippen LogP contribution < -0.4 is 11.2 Å². The van der Waals surface area contributed by atoms with Crippen molar-refractivity contribution in [1.29, 1.82) is 0 Å². The van der Waals surface area contributed by atoms with Gasteiger partial charge in [0.05, 0.1) is 12.1 Å². The van der Waals surface area contributed by atoms with E-state index in [2.05, 4.69) is 10.2 Å². The van der Waals surface area contributed by atoms with Gasteiger partial charge in [-0.25, -0.2) is 13.6 Å². The molecular weight excluding hydrogens is 385 g/mol. The van der Waals surface area contributed by atoms with Crippen molar-refractivity contribution in [3.05, 3.63) is 61.1 Å². The molecular formula is C16H13F3N4O3S. The molecule has 0 aliphatic rings. The molecule has 0 amide bonds. The molecule has 0 radical (unpaired) electrons. The molecule has 3 aromatic rings. The van der Waals surface area contributed by atoms with Gasteiger partial charge in [0.25, 0.3) is 5.56 Å². The Hall–Kier alpha value is -2.95. The third-order valence-corrected chi connectivity index (χ3v) is 4.80. The van der Waals surface area contributed by atoms with Gasteiger partial charge in [-0.15, -0.1) is 10.2 Å². The number of benzene rings is 1. The zero-order valence-corrected chi connectivity index (χ0v) is 15.0. The first kappa shape index (κ1) is 18.8. The second kappa shape index (κ2) is 6.99. The highest BCUT2D eigenvalue weighted by molar-refractivity contribution is 7.14. The Morgan fingerprint density at radius 3 is 2.56 bits per heavy atom. The maximum absolute atomic E-state index is 14.0. The number of aryl methyl sites for hydroxylation is 1. The van der Waals surface area contributed by atoms with E-state index in [0.29, 0.717) is 11.6 Å². The normalized spacial score (nSPS) is 11.1. The van der Waals surface area contributed by atoms with Crippen LogP contribution in [0.2, 0.25) is 0 Å². The minimum absolute atomic E-state index is 0.0467. The molecule has 1 N–H and O–H groups in total. The van der Waals surface area contributed by atoms with Crippen LogP contribution in [0.1, 0.15) is 17.5 Å². The van der Waals surface area contributed by atoms with Crippen LogP contribution >= 0.6 is 11.3 Å². The molecule has 0 unspecified atom stereocenters. The fraction of sp³-hybridized carbons (Fsp3) is 0.250. The van der Waals surface area contributed by atoms with Gasteiger partial charge < -0.3 is 5.11 Å². The van der Waals surface area contributed by atoms with E-state index in [4.69, 9.17) is 0 Å². The predicted molar refractivity (Wildman–Crippen MR) is 91.4 cm³/mol. The highest BCUT2D eigenvalue weighted by atomic mass is 32.1. The number of hydrogen-bond acceptors (Lipinski definition) is 6.